The number of nitrogen functional groups attached to an aromatic ring is 1. The smallest absolute Gasteiger partial charge is 0.398 e. The van der Waals surface area contributed by atoms with Crippen molar-refractivity contribution in [1.82, 2.24) is 10.3 Å². The Labute approximate surface area is 117 Å². The monoisotopic (exact) mass is 299 g/mol. The van der Waals surface area contributed by atoms with Crippen molar-refractivity contribution in [2.24, 2.45) is 0 Å². The molecule has 5 nitrogen and oxygen atoms in total. The molecule has 0 bridgehead atoms. The molecule has 1 heterocycles. The van der Waals surface area contributed by atoms with Crippen LogP contribution in [0.15, 0.2) is 30.3 Å². The highest BCUT2D eigenvalue weighted by Crippen LogP contribution is 2.21. The van der Waals surface area contributed by atoms with Crippen LogP contribution in [-0.4, -0.2) is 34.8 Å². The van der Waals surface area contributed by atoms with Crippen molar-refractivity contribution in [3.8, 4) is 0 Å². The number of carbonyl (C=O) groups excluding carboxylic acids is 1. The Bertz CT molecular complexity index is 673. The third kappa shape index (κ3) is 3.40. The summed E-state index contributed by atoms with van der Waals surface area (Å²) in [6.07, 6.45) is -7.41. The number of benzene rings is 1. The molecule has 0 aliphatic rings. The maximum absolute atomic E-state index is 12.1. The van der Waals surface area contributed by atoms with Crippen molar-refractivity contribution >= 4 is 22.5 Å². The number of anilines is 1. The second-order valence-electron chi connectivity index (χ2n) is 4.38. The van der Waals surface area contributed by atoms with Crippen molar-refractivity contribution in [3.63, 3.8) is 0 Å². The SMILES string of the molecule is Nc1cc(C(=O)NCC(O)C(F)(F)F)nc2ccccc12. The van der Waals surface area contributed by atoms with Gasteiger partial charge < -0.3 is 16.2 Å². The third-order valence-electron chi connectivity index (χ3n) is 2.81. The molecule has 2 rings (SSSR count). The Morgan fingerprint density at radius 1 is 1.38 bits per heavy atom. The Morgan fingerprint density at radius 3 is 2.71 bits per heavy atom. The maximum atomic E-state index is 12.1. The van der Waals surface area contributed by atoms with Crippen molar-refractivity contribution in [3.05, 3.63) is 36.0 Å². The van der Waals surface area contributed by atoms with Crippen LogP contribution in [0.2, 0.25) is 0 Å². The molecule has 0 aliphatic carbocycles. The Balaban J connectivity index is 2.17. The van der Waals surface area contributed by atoms with E-state index in [1.165, 1.54) is 6.07 Å². The molecule has 1 aromatic heterocycles. The number of halogens is 3. The van der Waals surface area contributed by atoms with Gasteiger partial charge in [-0.25, -0.2) is 4.98 Å². The average Bonchev–Trinajstić information content (AvgIpc) is 2.43. The number of alkyl halides is 3. The fourth-order valence-electron chi connectivity index (χ4n) is 1.71. The van der Waals surface area contributed by atoms with Gasteiger partial charge in [0.25, 0.3) is 5.91 Å². The zero-order valence-electron chi connectivity index (χ0n) is 10.7. The van der Waals surface area contributed by atoms with Crippen LogP contribution in [0.5, 0.6) is 0 Å². The molecule has 4 N–H and O–H groups in total. The summed E-state index contributed by atoms with van der Waals surface area (Å²) in [6.45, 7) is -0.948. The molecule has 2 aromatic rings. The molecule has 1 unspecified atom stereocenters. The summed E-state index contributed by atoms with van der Waals surface area (Å²) in [6, 6.07) is 8.07. The predicted molar refractivity (Wildman–Crippen MR) is 70.6 cm³/mol. The van der Waals surface area contributed by atoms with E-state index in [0.717, 1.165) is 0 Å². The summed E-state index contributed by atoms with van der Waals surface area (Å²) in [5.74, 6) is -0.837. The van der Waals surface area contributed by atoms with Crippen LogP contribution in [0.3, 0.4) is 0 Å². The number of hydrogen-bond donors (Lipinski definition) is 3. The van der Waals surface area contributed by atoms with E-state index < -0.39 is 24.7 Å². The minimum atomic E-state index is -4.79. The molecule has 8 heteroatoms. The summed E-state index contributed by atoms with van der Waals surface area (Å²) in [7, 11) is 0. The van der Waals surface area contributed by atoms with Gasteiger partial charge in [0, 0.05) is 11.1 Å². The molecule has 1 atom stereocenters. The van der Waals surface area contributed by atoms with Crippen molar-refractivity contribution in [2.75, 3.05) is 12.3 Å². The lowest BCUT2D eigenvalue weighted by Gasteiger charge is -2.15. The molecule has 0 radical (unpaired) electrons. The van der Waals surface area contributed by atoms with Gasteiger partial charge in [0.2, 0.25) is 0 Å². The highest BCUT2D eigenvalue weighted by atomic mass is 19.4. The molecular weight excluding hydrogens is 287 g/mol. The number of nitrogens with zero attached hydrogens (tertiary/aromatic N) is 1. The predicted octanol–water partition coefficient (Wildman–Crippen LogP) is 1.47. The van der Waals surface area contributed by atoms with Gasteiger partial charge in [-0.3, -0.25) is 4.79 Å². The first-order chi connectivity index (χ1) is 9.79. The van der Waals surface area contributed by atoms with Crippen molar-refractivity contribution in [2.45, 2.75) is 12.3 Å². The number of aromatic nitrogens is 1. The van der Waals surface area contributed by atoms with E-state index in [4.69, 9.17) is 10.8 Å². The lowest BCUT2D eigenvalue weighted by Crippen LogP contribution is -2.40. The van der Waals surface area contributed by atoms with E-state index in [9.17, 15) is 18.0 Å². The standard InChI is InChI=1S/C13H12F3N3O2/c14-13(15,16)11(20)6-18-12(21)10-5-8(17)7-3-1-2-4-9(7)19-10/h1-5,11,20H,6H2,(H2,17,19)(H,18,21). The van der Waals surface area contributed by atoms with E-state index in [1.807, 2.05) is 5.32 Å². The molecule has 1 amide bonds. The Kier molecular flexibility index (Phi) is 3.99. The first kappa shape index (κ1) is 15.0. The number of rotatable bonds is 3. The van der Waals surface area contributed by atoms with E-state index >= 15 is 0 Å². The topological polar surface area (TPSA) is 88.2 Å². The quantitative estimate of drug-likeness (QED) is 0.801. The summed E-state index contributed by atoms with van der Waals surface area (Å²) in [5.41, 5.74) is 6.41. The maximum Gasteiger partial charge on any atom is 0.416 e. The summed E-state index contributed by atoms with van der Waals surface area (Å²) >= 11 is 0. The molecule has 21 heavy (non-hydrogen) atoms. The van der Waals surface area contributed by atoms with Crippen molar-refractivity contribution < 1.29 is 23.1 Å². The van der Waals surface area contributed by atoms with Gasteiger partial charge in [-0.05, 0) is 12.1 Å². The first-order valence-electron chi connectivity index (χ1n) is 5.97. The number of carbonyl (C=O) groups is 1. The van der Waals surface area contributed by atoms with Gasteiger partial charge in [0.15, 0.2) is 6.10 Å². The zero-order chi connectivity index (χ0) is 15.6. The van der Waals surface area contributed by atoms with Crippen LogP contribution in [0, 0.1) is 0 Å². The number of nitrogens with two attached hydrogens (primary N) is 1. The number of hydrogen-bond acceptors (Lipinski definition) is 4. The fourth-order valence-corrected chi connectivity index (χ4v) is 1.71. The minimum absolute atomic E-state index is 0.111. The van der Waals surface area contributed by atoms with E-state index in [2.05, 4.69) is 4.98 Å². The Morgan fingerprint density at radius 2 is 2.05 bits per heavy atom. The number of para-hydroxylation sites is 1. The molecule has 0 saturated heterocycles. The number of fused-ring (bicyclic) bond motifs is 1. The van der Waals surface area contributed by atoms with Crippen LogP contribution >= 0.6 is 0 Å². The largest absolute Gasteiger partial charge is 0.416 e. The molecule has 1 aromatic carbocycles. The van der Waals surface area contributed by atoms with Gasteiger partial charge in [0.05, 0.1) is 12.1 Å². The van der Waals surface area contributed by atoms with E-state index in [0.29, 0.717) is 16.6 Å². The van der Waals surface area contributed by atoms with Crippen molar-refractivity contribution in [1.29, 1.82) is 0 Å². The minimum Gasteiger partial charge on any atom is -0.398 e. The average molecular weight is 299 g/mol. The normalized spacial score (nSPS) is 13.1. The highest BCUT2D eigenvalue weighted by molar-refractivity contribution is 5.99. The molecule has 0 aliphatic heterocycles. The van der Waals surface area contributed by atoms with E-state index in [-0.39, 0.29) is 5.69 Å². The molecular formula is C13H12F3N3O2. The molecule has 0 saturated carbocycles. The first-order valence-corrected chi connectivity index (χ1v) is 5.97. The Hall–Kier alpha value is -2.35. The van der Waals surface area contributed by atoms with Gasteiger partial charge in [-0.1, -0.05) is 18.2 Å². The number of nitrogens with one attached hydrogen (secondary N) is 1. The van der Waals surface area contributed by atoms with Gasteiger partial charge >= 0.3 is 6.18 Å². The molecule has 0 fully saturated rings. The lowest BCUT2D eigenvalue weighted by molar-refractivity contribution is -0.201. The summed E-state index contributed by atoms with van der Waals surface area (Å²) < 4.78 is 36.4. The number of amides is 1. The van der Waals surface area contributed by atoms with Gasteiger partial charge in [0.1, 0.15) is 5.69 Å². The van der Waals surface area contributed by atoms with Crippen LogP contribution in [-0.2, 0) is 0 Å². The zero-order valence-corrected chi connectivity index (χ0v) is 10.7. The number of aliphatic hydroxyl groups excluding tert-OH is 1. The second-order valence-corrected chi connectivity index (χ2v) is 4.38. The summed E-state index contributed by atoms with van der Waals surface area (Å²) in [5, 5.41) is 11.4. The third-order valence-corrected chi connectivity index (χ3v) is 2.81. The van der Waals surface area contributed by atoms with Gasteiger partial charge in [-0.2, -0.15) is 13.2 Å². The van der Waals surface area contributed by atoms with E-state index in [1.54, 1.807) is 24.3 Å². The summed E-state index contributed by atoms with van der Waals surface area (Å²) in [4.78, 5) is 15.8. The van der Waals surface area contributed by atoms with Crippen LogP contribution < -0.4 is 11.1 Å². The van der Waals surface area contributed by atoms with Crippen LogP contribution in [0.25, 0.3) is 10.9 Å². The lowest BCUT2D eigenvalue weighted by atomic mass is 10.1. The number of aliphatic hydroxyl groups is 1. The fraction of sp³-hybridized carbons (Fsp3) is 0.231. The number of pyridine rings is 1. The van der Waals surface area contributed by atoms with Crippen LogP contribution in [0.4, 0.5) is 18.9 Å². The molecule has 0 spiro atoms. The van der Waals surface area contributed by atoms with Gasteiger partial charge in [-0.15, -0.1) is 0 Å². The highest BCUT2D eigenvalue weighted by Gasteiger charge is 2.38. The van der Waals surface area contributed by atoms with Crippen LogP contribution in [0.1, 0.15) is 10.5 Å². The second kappa shape index (κ2) is 5.57. The molecule has 112 valence electrons.